The molecule has 0 radical (unpaired) electrons. The maximum Gasteiger partial charge on any atom is 0.119 e. The largest absolute Gasteiger partial charge is 0.490 e. The van der Waals surface area contributed by atoms with E-state index in [1.807, 2.05) is 31.2 Å². The van der Waals surface area contributed by atoms with E-state index in [1.54, 1.807) is 0 Å². The molecule has 1 atom stereocenters. The molecule has 0 amide bonds. The average molecular weight is 250 g/mol. The first-order valence-corrected chi connectivity index (χ1v) is 5.20. The molecule has 12 heavy (non-hydrogen) atoms. The van der Waals surface area contributed by atoms with Gasteiger partial charge in [-0.25, -0.2) is 0 Å². The number of benzene rings is 1. The van der Waals surface area contributed by atoms with Crippen LogP contribution in [-0.2, 0) is 0 Å². The van der Waals surface area contributed by atoms with E-state index < -0.39 is 0 Å². The Morgan fingerprint density at radius 2 is 2.00 bits per heavy atom. The minimum atomic E-state index is 0.186. The highest BCUT2D eigenvalue weighted by Gasteiger charge is 2.00. The second-order valence-electron chi connectivity index (χ2n) is 2.54. The fourth-order valence-electron chi connectivity index (χ4n) is 0.777. The molecule has 0 aliphatic carbocycles. The summed E-state index contributed by atoms with van der Waals surface area (Å²) in [5.74, 6) is 0.853. The summed E-state index contributed by atoms with van der Waals surface area (Å²) in [6, 6.07) is 7.36. The molecule has 0 N–H and O–H groups in total. The molecule has 0 aromatic heterocycles. The minimum Gasteiger partial charge on any atom is -0.490 e. The molecule has 0 fully saturated rings. The fourth-order valence-corrected chi connectivity index (χ4v) is 1.04. The van der Waals surface area contributed by atoms with Gasteiger partial charge in [-0.3, -0.25) is 0 Å². The predicted molar refractivity (Wildman–Crippen MR) is 55.3 cm³/mol. The molecular formula is C9H10BrClO. The van der Waals surface area contributed by atoms with Crippen molar-refractivity contribution in [3.63, 3.8) is 0 Å². The van der Waals surface area contributed by atoms with Crippen LogP contribution in [0.3, 0.4) is 0 Å². The van der Waals surface area contributed by atoms with Gasteiger partial charge in [0.2, 0.25) is 0 Å². The fraction of sp³-hybridized carbons (Fsp3) is 0.333. The van der Waals surface area contributed by atoms with E-state index in [0.29, 0.717) is 0 Å². The highest BCUT2D eigenvalue weighted by atomic mass is 79.9. The lowest BCUT2D eigenvalue weighted by Gasteiger charge is -2.11. The number of ether oxygens (including phenoxy) is 1. The van der Waals surface area contributed by atoms with Gasteiger partial charge in [0, 0.05) is 10.4 Å². The minimum absolute atomic E-state index is 0.186. The monoisotopic (exact) mass is 248 g/mol. The molecule has 1 nitrogen and oxygen atoms in total. The quantitative estimate of drug-likeness (QED) is 0.745. The molecule has 0 aliphatic heterocycles. The highest BCUT2D eigenvalue weighted by molar-refractivity contribution is 9.09. The smallest absolute Gasteiger partial charge is 0.119 e. The van der Waals surface area contributed by atoms with Gasteiger partial charge in [0.15, 0.2) is 0 Å². The Morgan fingerprint density at radius 3 is 2.50 bits per heavy atom. The van der Waals surface area contributed by atoms with Crippen LogP contribution in [-0.4, -0.2) is 11.4 Å². The van der Waals surface area contributed by atoms with Crippen molar-refractivity contribution in [2.75, 3.05) is 5.33 Å². The SMILES string of the molecule is C[C@H](CBr)Oc1ccc(Cl)cc1. The van der Waals surface area contributed by atoms with E-state index in [0.717, 1.165) is 16.1 Å². The molecular weight excluding hydrogens is 239 g/mol. The van der Waals surface area contributed by atoms with E-state index in [-0.39, 0.29) is 6.10 Å². The Morgan fingerprint density at radius 1 is 1.42 bits per heavy atom. The number of halogens is 2. The van der Waals surface area contributed by atoms with Crippen LogP contribution < -0.4 is 4.74 Å². The lowest BCUT2D eigenvalue weighted by molar-refractivity contribution is 0.248. The summed E-state index contributed by atoms with van der Waals surface area (Å²) in [6.45, 7) is 2.00. The lowest BCUT2D eigenvalue weighted by atomic mass is 10.3. The van der Waals surface area contributed by atoms with E-state index in [1.165, 1.54) is 0 Å². The van der Waals surface area contributed by atoms with Crippen LogP contribution in [0.4, 0.5) is 0 Å². The maximum atomic E-state index is 5.72. The van der Waals surface area contributed by atoms with Gasteiger partial charge in [0.25, 0.3) is 0 Å². The molecule has 1 aromatic rings. The van der Waals surface area contributed by atoms with E-state index >= 15 is 0 Å². The molecule has 66 valence electrons. The van der Waals surface area contributed by atoms with E-state index in [9.17, 15) is 0 Å². The Bertz CT molecular complexity index is 235. The summed E-state index contributed by atoms with van der Waals surface area (Å²) >= 11 is 9.05. The van der Waals surface area contributed by atoms with Gasteiger partial charge in [-0.1, -0.05) is 27.5 Å². The van der Waals surface area contributed by atoms with Crippen molar-refractivity contribution in [1.29, 1.82) is 0 Å². The molecule has 1 aromatic carbocycles. The molecule has 0 saturated heterocycles. The maximum absolute atomic E-state index is 5.72. The first kappa shape index (κ1) is 9.87. The summed E-state index contributed by atoms with van der Waals surface area (Å²) < 4.78 is 5.51. The van der Waals surface area contributed by atoms with Crippen molar-refractivity contribution in [2.24, 2.45) is 0 Å². The van der Waals surface area contributed by atoms with Crippen molar-refractivity contribution >= 4 is 27.5 Å². The van der Waals surface area contributed by atoms with E-state index in [2.05, 4.69) is 15.9 Å². The van der Waals surface area contributed by atoms with Crippen LogP contribution in [0.5, 0.6) is 5.75 Å². The Kier molecular flexibility index (Phi) is 3.89. The topological polar surface area (TPSA) is 9.23 Å². The standard InChI is InChI=1S/C9H10BrClO/c1-7(6-10)12-9-4-2-8(11)3-5-9/h2-5,7H,6H2,1H3/t7-/m1/s1. The molecule has 0 aliphatic rings. The highest BCUT2D eigenvalue weighted by Crippen LogP contribution is 2.16. The molecule has 0 unspecified atom stereocenters. The molecule has 0 saturated carbocycles. The Hall–Kier alpha value is -0.210. The van der Waals surface area contributed by atoms with Crippen molar-refractivity contribution in [3.8, 4) is 5.75 Å². The third-order valence-electron chi connectivity index (χ3n) is 1.37. The van der Waals surface area contributed by atoms with Crippen LogP contribution in [0, 0.1) is 0 Å². The Balaban J connectivity index is 2.58. The van der Waals surface area contributed by atoms with Crippen LogP contribution in [0.1, 0.15) is 6.92 Å². The predicted octanol–water partition coefficient (Wildman–Crippen LogP) is 3.50. The zero-order valence-electron chi connectivity index (χ0n) is 6.76. The van der Waals surface area contributed by atoms with Crippen LogP contribution >= 0.6 is 27.5 Å². The number of alkyl halides is 1. The number of hydrogen-bond acceptors (Lipinski definition) is 1. The van der Waals surface area contributed by atoms with Crippen LogP contribution in [0.2, 0.25) is 5.02 Å². The van der Waals surface area contributed by atoms with Gasteiger partial charge in [-0.2, -0.15) is 0 Å². The summed E-state index contributed by atoms with van der Waals surface area (Å²) in [7, 11) is 0. The van der Waals surface area contributed by atoms with Crippen molar-refractivity contribution < 1.29 is 4.74 Å². The number of rotatable bonds is 3. The van der Waals surface area contributed by atoms with Gasteiger partial charge in [0.1, 0.15) is 11.9 Å². The molecule has 0 bridgehead atoms. The van der Waals surface area contributed by atoms with Gasteiger partial charge in [-0.05, 0) is 31.2 Å². The van der Waals surface area contributed by atoms with Gasteiger partial charge in [-0.15, -0.1) is 0 Å². The zero-order valence-corrected chi connectivity index (χ0v) is 9.10. The average Bonchev–Trinajstić information content (AvgIpc) is 2.09. The van der Waals surface area contributed by atoms with Crippen molar-refractivity contribution in [3.05, 3.63) is 29.3 Å². The Labute approximate surface area is 85.8 Å². The summed E-state index contributed by atoms with van der Waals surface area (Å²) in [5.41, 5.74) is 0. The van der Waals surface area contributed by atoms with Gasteiger partial charge >= 0.3 is 0 Å². The number of hydrogen-bond donors (Lipinski definition) is 0. The van der Waals surface area contributed by atoms with Crippen LogP contribution in [0.15, 0.2) is 24.3 Å². The van der Waals surface area contributed by atoms with Crippen LogP contribution in [0.25, 0.3) is 0 Å². The second kappa shape index (κ2) is 4.73. The zero-order chi connectivity index (χ0) is 8.97. The summed E-state index contributed by atoms with van der Waals surface area (Å²) in [5, 5.41) is 1.56. The lowest BCUT2D eigenvalue weighted by Crippen LogP contribution is -2.12. The first-order valence-electron chi connectivity index (χ1n) is 3.70. The molecule has 1 rings (SSSR count). The normalized spacial score (nSPS) is 12.6. The summed E-state index contributed by atoms with van der Waals surface area (Å²) in [6.07, 6.45) is 0.186. The molecule has 0 heterocycles. The van der Waals surface area contributed by atoms with Crippen molar-refractivity contribution in [2.45, 2.75) is 13.0 Å². The van der Waals surface area contributed by atoms with Crippen molar-refractivity contribution in [1.82, 2.24) is 0 Å². The third-order valence-corrected chi connectivity index (χ3v) is 2.53. The first-order chi connectivity index (χ1) is 5.72. The van der Waals surface area contributed by atoms with Gasteiger partial charge < -0.3 is 4.74 Å². The van der Waals surface area contributed by atoms with E-state index in [4.69, 9.17) is 16.3 Å². The second-order valence-corrected chi connectivity index (χ2v) is 3.62. The van der Waals surface area contributed by atoms with Gasteiger partial charge in [0.05, 0.1) is 0 Å². The third kappa shape index (κ3) is 3.03. The summed E-state index contributed by atoms with van der Waals surface area (Å²) in [4.78, 5) is 0. The molecule has 0 spiro atoms. The molecule has 3 heteroatoms.